The summed E-state index contributed by atoms with van der Waals surface area (Å²) in [6.45, 7) is 14.9. The number of nitrogens with two attached hydrogens (primary N) is 2. The van der Waals surface area contributed by atoms with E-state index in [2.05, 4.69) is 34.1 Å². The molecule has 0 aliphatic rings. The van der Waals surface area contributed by atoms with Crippen molar-refractivity contribution in [1.29, 1.82) is 0 Å². The number of hydrogen-bond acceptors (Lipinski definition) is 8. The Morgan fingerprint density at radius 1 is 0.656 bits per heavy atom. The Balaban J connectivity index is -0.000000354. The van der Waals surface area contributed by atoms with Crippen LogP contribution in [0.4, 0.5) is 17.8 Å². The molecule has 0 amide bonds. The summed E-state index contributed by atoms with van der Waals surface area (Å²) in [5.41, 5.74) is 10.6. The number of phenolic OH excluding ortho intramolecular Hbond substituents is 2. The fraction of sp³-hybridized carbons (Fsp3) is 0.375. The van der Waals surface area contributed by atoms with Crippen molar-refractivity contribution in [2.45, 2.75) is 54.9 Å². The second-order valence-corrected chi connectivity index (χ2v) is 5.28. The molecule has 2 aromatic carbocycles. The monoisotopic (exact) mass is 446 g/mol. The maximum absolute atomic E-state index is 8.63. The number of para-hydroxylation sites is 2. The molecule has 7 N–H and O–H groups in total. The number of hydrogen-bond donors (Lipinski definition) is 5. The molecule has 0 saturated carbocycles. The molecule has 0 atom stereocenters. The summed E-state index contributed by atoms with van der Waals surface area (Å²) in [6, 6.07) is 17.4. The van der Waals surface area contributed by atoms with Gasteiger partial charge in [-0.2, -0.15) is 15.0 Å². The van der Waals surface area contributed by atoms with E-state index < -0.39 is 0 Å². The number of benzene rings is 2. The van der Waals surface area contributed by atoms with Crippen molar-refractivity contribution < 1.29 is 10.2 Å². The Bertz CT molecular complexity index is 686. The van der Waals surface area contributed by atoms with Gasteiger partial charge < -0.3 is 27.0 Å². The van der Waals surface area contributed by atoms with E-state index in [9.17, 15) is 0 Å². The van der Waals surface area contributed by atoms with E-state index in [1.807, 2.05) is 46.8 Å². The van der Waals surface area contributed by atoms with Gasteiger partial charge in [0.1, 0.15) is 11.5 Å². The Hall–Kier alpha value is -3.55. The molecular weight excluding hydrogens is 404 g/mol. The van der Waals surface area contributed by atoms with Crippen molar-refractivity contribution in [3.63, 3.8) is 0 Å². The minimum Gasteiger partial charge on any atom is -0.508 e. The predicted molar refractivity (Wildman–Crippen MR) is 138 cm³/mol. The first-order valence-corrected chi connectivity index (χ1v) is 10.9. The lowest BCUT2D eigenvalue weighted by molar-refractivity contribution is 0.475. The number of nitrogens with zero attached hydrogens (tertiary/aromatic N) is 3. The summed E-state index contributed by atoms with van der Waals surface area (Å²) < 4.78 is 0. The first-order valence-electron chi connectivity index (χ1n) is 10.9. The molecule has 3 rings (SSSR count). The molecule has 1 heterocycles. The van der Waals surface area contributed by atoms with Crippen LogP contribution in [0.3, 0.4) is 0 Å². The van der Waals surface area contributed by atoms with E-state index in [-0.39, 0.29) is 11.9 Å². The Labute approximate surface area is 193 Å². The van der Waals surface area contributed by atoms with Gasteiger partial charge in [-0.15, -0.1) is 0 Å². The summed E-state index contributed by atoms with van der Waals surface area (Å²) in [4.78, 5) is 11.2. The maximum atomic E-state index is 8.63. The fourth-order valence-corrected chi connectivity index (χ4v) is 1.50. The van der Waals surface area contributed by atoms with Gasteiger partial charge >= 0.3 is 0 Å². The van der Waals surface area contributed by atoms with Gasteiger partial charge in [0, 0.05) is 6.54 Å². The van der Waals surface area contributed by atoms with Crippen LogP contribution in [0.25, 0.3) is 0 Å². The molecule has 0 unspecified atom stereocenters. The minimum atomic E-state index is 0.133. The third-order valence-corrected chi connectivity index (χ3v) is 2.52. The van der Waals surface area contributed by atoms with Gasteiger partial charge in [-0.3, -0.25) is 0 Å². The second kappa shape index (κ2) is 25.5. The normalized spacial score (nSPS) is 7.97. The molecule has 0 aliphatic carbocycles. The van der Waals surface area contributed by atoms with Crippen molar-refractivity contribution in [1.82, 2.24) is 15.0 Å². The van der Waals surface area contributed by atoms with Gasteiger partial charge in [-0.25, -0.2) is 0 Å². The van der Waals surface area contributed by atoms with Gasteiger partial charge in [0.25, 0.3) is 0 Å². The van der Waals surface area contributed by atoms with Crippen LogP contribution in [-0.2, 0) is 0 Å². The zero-order chi connectivity index (χ0) is 25.2. The molecule has 0 spiro atoms. The Morgan fingerprint density at radius 3 is 1.19 bits per heavy atom. The fourth-order valence-electron chi connectivity index (χ4n) is 1.50. The first-order chi connectivity index (χ1) is 15.4. The highest BCUT2D eigenvalue weighted by Gasteiger charge is 1.98. The number of aromatic hydroxyl groups is 2. The van der Waals surface area contributed by atoms with Crippen LogP contribution in [0.1, 0.15) is 54.9 Å². The number of anilines is 3. The molecule has 8 nitrogen and oxygen atoms in total. The van der Waals surface area contributed by atoms with Crippen molar-refractivity contribution >= 4 is 17.8 Å². The molecule has 8 heteroatoms. The Kier molecular flexibility index (Phi) is 26.4. The van der Waals surface area contributed by atoms with E-state index in [1.54, 1.807) is 48.5 Å². The molecule has 0 saturated heterocycles. The summed E-state index contributed by atoms with van der Waals surface area (Å²) >= 11 is 0. The molecular formula is C24H42N6O2. The van der Waals surface area contributed by atoms with Crippen molar-refractivity contribution in [3.8, 4) is 11.5 Å². The van der Waals surface area contributed by atoms with Crippen LogP contribution in [0.15, 0.2) is 60.7 Å². The first kappa shape index (κ1) is 33.1. The third-order valence-electron chi connectivity index (χ3n) is 2.52. The van der Waals surface area contributed by atoms with Crippen LogP contribution in [0, 0.1) is 0 Å². The molecule has 0 aliphatic heterocycles. The zero-order valence-electron chi connectivity index (χ0n) is 20.6. The average Bonchev–Trinajstić information content (AvgIpc) is 2.79. The minimum absolute atomic E-state index is 0.133. The van der Waals surface area contributed by atoms with Gasteiger partial charge in [0.05, 0.1) is 0 Å². The van der Waals surface area contributed by atoms with E-state index in [0.29, 0.717) is 17.4 Å². The largest absolute Gasteiger partial charge is 0.508 e. The zero-order valence-corrected chi connectivity index (χ0v) is 20.6. The van der Waals surface area contributed by atoms with Crippen molar-refractivity contribution in [2.24, 2.45) is 0 Å². The Morgan fingerprint density at radius 2 is 0.969 bits per heavy atom. The van der Waals surface area contributed by atoms with Crippen LogP contribution in [0.2, 0.25) is 0 Å². The summed E-state index contributed by atoms with van der Waals surface area (Å²) in [5.74, 6) is 1.32. The average molecular weight is 447 g/mol. The van der Waals surface area contributed by atoms with E-state index >= 15 is 0 Å². The number of nitrogens with one attached hydrogen (secondary N) is 1. The number of phenols is 2. The highest BCUT2D eigenvalue weighted by atomic mass is 16.3. The van der Waals surface area contributed by atoms with Gasteiger partial charge in [-0.05, 0) is 31.2 Å². The standard InChI is InChI=1S/2C6H6O.C5H10N6.C3H8.2C2H6/c2*7-6-4-2-1-3-5-6;1-2-8-5-10-3(6)9-4(7)11-5;1-3-2;2*1-2/h2*1-5,7H;2H2,1H3,(H5,6,7,8,9,10,11);3H2,1-2H3;2*1-2H3. The smallest absolute Gasteiger partial charge is 0.229 e. The van der Waals surface area contributed by atoms with Gasteiger partial charge in [0.15, 0.2) is 0 Å². The lowest BCUT2D eigenvalue weighted by Crippen LogP contribution is -2.08. The maximum Gasteiger partial charge on any atom is 0.229 e. The summed E-state index contributed by atoms with van der Waals surface area (Å²) in [7, 11) is 0. The number of rotatable bonds is 2. The topological polar surface area (TPSA) is 143 Å². The van der Waals surface area contributed by atoms with Crippen LogP contribution in [-0.4, -0.2) is 31.7 Å². The third kappa shape index (κ3) is 22.7. The van der Waals surface area contributed by atoms with Crippen molar-refractivity contribution in [2.75, 3.05) is 23.3 Å². The lowest BCUT2D eigenvalue weighted by atomic mass is 10.3. The summed E-state index contributed by atoms with van der Waals surface area (Å²) in [6.07, 6.45) is 1.25. The predicted octanol–water partition coefficient (Wildman–Crippen LogP) is 5.72. The molecule has 180 valence electrons. The van der Waals surface area contributed by atoms with E-state index in [1.165, 1.54) is 6.42 Å². The molecule has 1 aromatic heterocycles. The highest BCUT2D eigenvalue weighted by molar-refractivity contribution is 5.36. The molecule has 32 heavy (non-hydrogen) atoms. The molecule has 0 fully saturated rings. The lowest BCUT2D eigenvalue weighted by Gasteiger charge is -2.01. The van der Waals surface area contributed by atoms with Crippen LogP contribution < -0.4 is 16.8 Å². The van der Waals surface area contributed by atoms with E-state index in [4.69, 9.17) is 21.7 Å². The van der Waals surface area contributed by atoms with Crippen LogP contribution >= 0.6 is 0 Å². The highest BCUT2D eigenvalue weighted by Crippen LogP contribution is 2.03. The van der Waals surface area contributed by atoms with E-state index in [0.717, 1.165) is 6.54 Å². The molecule has 3 aromatic rings. The quantitative estimate of drug-likeness (QED) is 0.336. The SMILES string of the molecule is CC.CC.CCC.CCNc1nc(N)nc(N)n1.Oc1ccccc1.Oc1ccccc1. The van der Waals surface area contributed by atoms with Gasteiger partial charge in [0.2, 0.25) is 17.8 Å². The number of nitrogen functional groups attached to an aromatic ring is 2. The van der Waals surface area contributed by atoms with Crippen molar-refractivity contribution in [3.05, 3.63) is 60.7 Å². The summed E-state index contributed by atoms with van der Waals surface area (Å²) in [5, 5.41) is 20.1. The molecule has 0 radical (unpaired) electrons. The second-order valence-electron chi connectivity index (χ2n) is 5.28. The van der Waals surface area contributed by atoms with Gasteiger partial charge in [-0.1, -0.05) is 84.4 Å². The molecule has 0 bridgehead atoms. The van der Waals surface area contributed by atoms with Crippen LogP contribution in [0.5, 0.6) is 11.5 Å². The number of aromatic nitrogens is 3.